The lowest BCUT2D eigenvalue weighted by molar-refractivity contribution is -0.116. The number of rotatable bonds is 1. The summed E-state index contributed by atoms with van der Waals surface area (Å²) >= 11 is 0. The van der Waals surface area contributed by atoms with Crippen LogP contribution >= 0.6 is 0 Å². The first-order chi connectivity index (χ1) is 12.6. The molecule has 136 valence electrons. The van der Waals surface area contributed by atoms with Gasteiger partial charge in [-0.3, -0.25) is 4.79 Å². The van der Waals surface area contributed by atoms with E-state index in [0.717, 1.165) is 37.7 Å². The fourth-order valence-electron chi connectivity index (χ4n) is 6.47. The average molecular weight is 348 g/mol. The largest absolute Gasteiger partial charge is 0.393 e. The first-order valence-electron chi connectivity index (χ1n) is 10.3. The van der Waals surface area contributed by atoms with Crippen molar-refractivity contribution in [3.63, 3.8) is 0 Å². The van der Waals surface area contributed by atoms with E-state index in [1.807, 2.05) is 24.3 Å². The van der Waals surface area contributed by atoms with Gasteiger partial charge in [0.15, 0.2) is 5.78 Å². The van der Waals surface area contributed by atoms with Gasteiger partial charge in [-0.1, -0.05) is 42.8 Å². The van der Waals surface area contributed by atoms with Crippen LogP contribution in [0.25, 0.3) is 0 Å². The Labute approximate surface area is 156 Å². The number of aliphatic hydroxyl groups excluding tert-OH is 1. The molecule has 0 bridgehead atoms. The highest BCUT2D eigenvalue weighted by atomic mass is 16.3. The van der Waals surface area contributed by atoms with Gasteiger partial charge in [-0.05, 0) is 85.0 Å². The predicted molar refractivity (Wildman–Crippen MR) is 103 cm³/mol. The minimum Gasteiger partial charge on any atom is -0.393 e. The minimum absolute atomic E-state index is 0.0105. The van der Waals surface area contributed by atoms with Gasteiger partial charge in [0.25, 0.3) is 0 Å². The van der Waals surface area contributed by atoms with Crippen LogP contribution in [-0.2, 0) is 4.79 Å². The molecule has 2 nitrogen and oxygen atoms in total. The third kappa shape index (κ3) is 2.31. The second kappa shape index (κ2) is 5.92. The van der Waals surface area contributed by atoms with Crippen molar-refractivity contribution >= 4 is 5.78 Å². The Morgan fingerprint density at radius 3 is 2.69 bits per heavy atom. The van der Waals surface area contributed by atoms with Crippen LogP contribution in [0.5, 0.6) is 0 Å². The average Bonchev–Trinajstić information content (AvgIpc) is 2.96. The molecule has 4 aliphatic carbocycles. The molecule has 0 saturated heterocycles. The Balaban J connectivity index is 1.53. The maximum atomic E-state index is 12.8. The molecule has 0 amide bonds. The van der Waals surface area contributed by atoms with Crippen LogP contribution in [0.1, 0.15) is 63.4 Å². The summed E-state index contributed by atoms with van der Waals surface area (Å²) in [6.07, 6.45) is 9.26. The van der Waals surface area contributed by atoms with Gasteiger partial charge in [-0.15, -0.1) is 0 Å². The highest BCUT2D eigenvalue weighted by Gasteiger charge is 2.53. The number of aliphatic hydroxyl groups is 1. The summed E-state index contributed by atoms with van der Waals surface area (Å²) in [5, 5.41) is 10.6. The standard InChI is InChI=1S/C24H28O2/c1-24-12-11-17-18(21(24)9-10-23(24)26)8-7-16-13-22(25)20(14-19(16)17)15-5-3-2-4-6-15/h2-6,13,18,20-21,23,26H,7-12,14H2,1H3/t18-,20?,21+,23+,24+/m1/s1. The summed E-state index contributed by atoms with van der Waals surface area (Å²) in [6, 6.07) is 10.3. The molecule has 5 rings (SSSR count). The number of ketones is 1. The van der Waals surface area contributed by atoms with Crippen molar-refractivity contribution < 1.29 is 9.90 Å². The molecule has 0 spiro atoms. The lowest BCUT2D eigenvalue weighted by Gasteiger charge is -2.48. The molecule has 2 saturated carbocycles. The summed E-state index contributed by atoms with van der Waals surface area (Å²) in [7, 11) is 0. The third-order valence-corrected chi connectivity index (χ3v) is 8.00. The highest BCUT2D eigenvalue weighted by Crippen LogP contribution is 2.60. The fraction of sp³-hybridized carbons (Fsp3) is 0.542. The van der Waals surface area contributed by atoms with Crippen molar-refractivity contribution in [3.05, 3.63) is 58.7 Å². The SMILES string of the molecule is C[C@]12CCC3=C4CC(c5ccccc5)C(=O)C=C4CC[C@H]3[C@@H]1CC[C@@H]2O. The number of hydrogen-bond donors (Lipinski definition) is 1. The number of fused-ring (bicyclic) bond motifs is 4. The van der Waals surface area contributed by atoms with Crippen LogP contribution in [0.15, 0.2) is 53.1 Å². The maximum absolute atomic E-state index is 12.8. The van der Waals surface area contributed by atoms with Crippen LogP contribution in [0.3, 0.4) is 0 Å². The molecule has 1 aromatic rings. The quantitative estimate of drug-likeness (QED) is 0.780. The van der Waals surface area contributed by atoms with Crippen LogP contribution in [0, 0.1) is 17.3 Å². The Kier molecular flexibility index (Phi) is 3.76. The highest BCUT2D eigenvalue weighted by molar-refractivity contribution is 5.98. The Morgan fingerprint density at radius 2 is 1.88 bits per heavy atom. The van der Waals surface area contributed by atoms with E-state index in [1.165, 1.54) is 24.0 Å². The zero-order valence-corrected chi connectivity index (χ0v) is 15.6. The van der Waals surface area contributed by atoms with Crippen LogP contribution in [-0.4, -0.2) is 17.0 Å². The van der Waals surface area contributed by atoms with Gasteiger partial charge in [0.05, 0.1) is 12.0 Å². The second-order valence-electron chi connectivity index (χ2n) is 9.09. The zero-order chi connectivity index (χ0) is 17.9. The first kappa shape index (κ1) is 16.5. The summed E-state index contributed by atoms with van der Waals surface area (Å²) in [5.41, 5.74) is 5.71. The summed E-state index contributed by atoms with van der Waals surface area (Å²) < 4.78 is 0. The second-order valence-corrected chi connectivity index (χ2v) is 9.09. The van der Waals surface area contributed by atoms with Crippen molar-refractivity contribution in [1.29, 1.82) is 0 Å². The van der Waals surface area contributed by atoms with Gasteiger partial charge in [0.1, 0.15) is 0 Å². The molecule has 4 aliphatic rings. The van der Waals surface area contributed by atoms with E-state index in [1.54, 1.807) is 5.57 Å². The Bertz CT molecular complexity index is 803. The normalized spacial score (nSPS) is 39.2. The molecule has 26 heavy (non-hydrogen) atoms. The first-order valence-corrected chi connectivity index (χ1v) is 10.3. The van der Waals surface area contributed by atoms with Gasteiger partial charge in [-0.2, -0.15) is 0 Å². The Morgan fingerprint density at radius 1 is 1.08 bits per heavy atom. The lowest BCUT2D eigenvalue weighted by Crippen LogP contribution is -2.42. The van der Waals surface area contributed by atoms with Crippen LogP contribution in [0.2, 0.25) is 0 Å². The number of carbonyl (C=O) groups is 1. The molecule has 1 N–H and O–H groups in total. The molecule has 1 aromatic carbocycles. The van der Waals surface area contributed by atoms with Crippen molar-refractivity contribution in [2.24, 2.45) is 17.3 Å². The third-order valence-electron chi connectivity index (χ3n) is 8.00. The van der Waals surface area contributed by atoms with Crippen molar-refractivity contribution in [3.8, 4) is 0 Å². The van der Waals surface area contributed by atoms with Gasteiger partial charge in [-0.25, -0.2) is 0 Å². The zero-order valence-electron chi connectivity index (χ0n) is 15.6. The molecule has 0 aromatic heterocycles. The Hall–Kier alpha value is -1.67. The molecular weight excluding hydrogens is 320 g/mol. The fourth-order valence-corrected chi connectivity index (χ4v) is 6.47. The van der Waals surface area contributed by atoms with E-state index in [4.69, 9.17) is 0 Å². The summed E-state index contributed by atoms with van der Waals surface area (Å²) in [5.74, 6) is 1.53. The van der Waals surface area contributed by atoms with Crippen LogP contribution in [0.4, 0.5) is 0 Å². The maximum Gasteiger partial charge on any atom is 0.163 e. The number of hydrogen-bond acceptors (Lipinski definition) is 2. The van der Waals surface area contributed by atoms with Crippen molar-refractivity contribution in [2.45, 2.75) is 63.9 Å². The molecule has 1 unspecified atom stereocenters. The molecule has 2 heteroatoms. The van der Waals surface area contributed by atoms with E-state index in [-0.39, 0.29) is 23.2 Å². The monoisotopic (exact) mass is 348 g/mol. The molecule has 5 atom stereocenters. The van der Waals surface area contributed by atoms with Crippen molar-refractivity contribution in [2.75, 3.05) is 0 Å². The van der Waals surface area contributed by atoms with Gasteiger partial charge < -0.3 is 5.11 Å². The molecule has 0 radical (unpaired) electrons. The topological polar surface area (TPSA) is 37.3 Å². The minimum atomic E-state index is -0.124. The van der Waals surface area contributed by atoms with Gasteiger partial charge >= 0.3 is 0 Å². The molecular formula is C24H28O2. The predicted octanol–water partition coefficient (Wildman–Crippen LogP) is 4.95. The molecule has 2 fully saturated rings. The van der Waals surface area contributed by atoms with E-state index >= 15 is 0 Å². The van der Waals surface area contributed by atoms with Crippen LogP contribution < -0.4 is 0 Å². The number of allylic oxidation sites excluding steroid dienone is 4. The smallest absolute Gasteiger partial charge is 0.163 e. The molecule has 0 heterocycles. The number of benzene rings is 1. The lowest BCUT2D eigenvalue weighted by atomic mass is 9.57. The van der Waals surface area contributed by atoms with E-state index < -0.39 is 0 Å². The number of carbonyl (C=O) groups excluding carboxylic acids is 1. The van der Waals surface area contributed by atoms with Crippen molar-refractivity contribution in [1.82, 2.24) is 0 Å². The summed E-state index contributed by atoms with van der Waals surface area (Å²) in [4.78, 5) is 12.8. The molecule has 0 aliphatic heterocycles. The van der Waals surface area contributed by atoms with E-state index in [0.29, 0.717) is 11.8 Å². The van der Waals surface area contributed by atoms with E-state index in [2.05, 4.69) is 19.1 Å². The van der Waals surface area contributed by atoms with Gasteiger partial charge in [0, 0.05) is 0 Å². The summed E-state index contributed by atoms with van der Waals surface area (Å²) in [6.45, 7) is 2.32. The van der Waals surface area contributed by atoms with Gasteiger partial charge in [0.2, 0.25) is 0 Å². The van der Waals surface area contributed by atoms with E-state index in [9.17, 15) is 9.90 Å².